The molecule has 8 bridgehead atoms. The summed E-state index contributed by atoms with van der Waals surface area (Å²) in [5.41, 5.74) is 30.4. The molecule has 0 aliphatic heterocycles. The second kappa shape index (κ2) is 36.0. The first kappa shape index (κ1) is 91.7. The number of carbonyl (C=O) groups is 4. The Labute approximate surface area is 818 Å². The summed E-state index contributed by atoms with van der Waals surface area (Å²) in [6.07, 6.45) is 17.6. The summed E-state index contributed by atoms with van der Waals surface area (Å²) in [6.45, 7) is 35.2. The zero-order valence-electron chi connectivity index (χ0n) is 81.1. The molecule has 15 aliphatic rings. The Bertz CT molecular complexity index is 6360. The lowest BCUT2D eigenvalue weighted by Gasteiger charge is -2.60. The van der Waals surface area contributed by atoms with Crippen LogP contribution in [-0.2, 0) is 45.4 Å². The number of nitrogens with one attached hydrogen (secondary N) is 4. The number of carbonyl (C=O) groups excluding carboxylic acids is 4. The number of halogens is 3. The van der Waals surface area contributed by atoms with Gasteiger partial charge in [0, 0.05) is 105 Å². The van der Waals surface area contributed by atoms with E-state index < -0.39 is 0 Å². The lowest BCUT2D eigenvalue weighted by Crippen LogP contribution is -2.54. The summed E-state index contributed by atoms with van der Waals surface area (Å²) in [7, 11) is 0. The van der Waals surface area contributed by atoms with Crippen LogP contribution in [0, 0.1) is 127 Å². The smallest absolute Gasteiger partial charge is 0.275 e. The zero-order valence-corrected chi connectivity index (χ0v) is 84.2. The first-order chi connectivity index (χ1) is 65.2. The third kappa shape index (κ3) is 17.0. The van der Waals surface area contributed by atoms with Crippen molar-refractivity contribution in [3.8, 4) is 33.8 Å². The molecule has 0 saturated heterocycles. The number of rotatable bonds is 20. The van der Waals surface area contributed by atoms with Gasteiger partial charge >= 0.3 is 0 Å². The van der Waals surface area contributed by atoms with E-state index in [1.54, 1.807) is 6.07 Å². The molecule has 5 heterocycles. The SMILES string of the molecule is Cc1ccc(Cn2nc(C(=O)NCC3CCC4CC3C4(C)C)c3c2-c2ccc(Br)cc2C3)cc1.Cc1ccc(Cn2nc(C(=O)NCC3CCC4CC3C4(C)C)c3c2-c2ccc(C)cc2C3)cc1.Cc1ccc(Cn2nc(C(=O)NCC3CCC4CC3C4(C)C)c3c2-c2ccc(Cl)cc2C3)cc1.Cc1ccc(Cn2nc(C(=O)NCC3CCC4CC3C4(C)C)c3oc4cc(Cl)ccc4c32)cc1. The van der Waals surface area contributed by atoms with Gasteiger partial charge in [-0.05, 0) is 280 Å². The molecule has 4 amide bonds. The molecular weight excluding hydrogens is 1790 g/mol. The number of aryl methyl sites for hydroxylation is 5. The monoisotopic (exact) mass is 1920 g/mol. The fraction of sp³-hybridized carbons (Fsp3) is 0.448. The van der Waals surface area contributed by atoms with Crippen molar-refractivity contribution in [2.75, 3.05) is 26.2 Å². The molecular formula is C116H129BrCl2N12O5. The molecule has 0 radical (unpaired) electrons. The third-order valence-corrected chi connectivity index (χ3v) is 36.5. The van der Waals surface area contributed by atoms with Gasteiger partial charge in [-0.15, -0.1) is 0 Å². The van der Waals surface area contributed by atoms with Gasteiger partial charge in [-0.3, -0.25) is 37.9 Å². The molecule has 4 N–H and O–H groups in total. The Balaban J connectivity index is 0.000000108. The van der Waals surface area contributed by atoms with Crippen molar-refractivity contribution in [2.45, 2.75) is 212 Å². The first-order valence-corrected chi connectivity index (χ1v) is 51.7. The summed E-state index contributed by atoms with van der Waals surface area (Å²) in [5, 5.41) is 34.7. The largest absolute Gasteiger partial charge is 0.452 e. The lowest BCUT2D eigenvalue weighted by atomic mass is 9.45. The van der Waals surface area contributed by atoms with Crippen LogP contribution in [0.15, 0.2) is 179 Å². The van der Waals surface area contributed by atoms with Crippen molar-refractivity contribution in [1.82, 2.24) is 60.4 Å². The maximum absolute atomic E-state index is 13.5. The number of nitrogens with zero attached hydrogens (tertiary/aromatic N) is 8. The Morgan fingerprint density at radius 1 is 0.360 bits per heavy atom. The molecule has 12 fully saturated rings. The van der Waals surface area contributed by atoms with E-state index in [0.29, 0.717) is 129 Å². The molecule has 13 aromatic rings. The number of fused-ring (bicyclic) bond motifs is 20. The van der Waals surface area contributed by atoms with Crippen LogP contribution in [0.25, 0.3) is 55.8 Å². The van der Waals surface area contributed by atoms with Crippen LogP contribution in [0.3, 0.4) is 0 Å². The van der Waals surface area contributed by atoms with Gasteiger partial charge in [-0.2, -0.15) is 20.4 Å². The van der Waals surface area contributed by atoms with E-state index in [1.807, 2.05) is 38.3 Å². The van der Waals surface area contributed by atoms with Gasteiger partial charge in [0.2, 0.25) is 0 Å². The molecule has 20 heteroatoms. The molecule has 8 aromatic carbocycles. The highest BCUT2D eigenvalue weighted by atomic mass is 79.9. The average molecular weight is 1920 g/mol. The molecule has 12 atom stereocenters. The zero-order chi connectivity index (χ0) is 94.4. The van der Waals surface area contributed by atoms with Gasteiger partial charge in [0.05, 0.1) is 43.3 Å². The van der Waals surface area contributed by atoms with Crippen LogP contribution in [0.5, 0.6) is 0 Å². The number of amides is 4. The molecule has 5 aromatic heterocycles. The number of aromatic nitrogens is 8. The van der Waals surface area contributed by atoms with Crippen LogP contribution >= 0.6 is 39.1 Å². The van der Waals surface area contributed by atoms with Gasteiger partial charge in [-0.1, -0.05) is 250 Å². The second-order valence-corrected chi connectivity index (χ2v) is 46.6. The molecule has 15 aliphatic carbocycles. The molecule has 28 rings (SSSR count). The Morgan fingerprint density at radius 3 is 1.02 bits per heavy atom. The molecule has 12 unspecified atom stereocenters. The first-order valence-electron chi connectivity index (χ1n) is 50.1. The van der Waals surface area contributed by atoms with Crippen LogP contribution in [0.4, 0.5) is 0 Å². The molecule has 17 nitrogen and oxygen atoms in total. The number of hydrogen-bond acceptors (Lipinski definition) is 9. The Morgan fingerprint density at radius 2 is 0.662 bits per heavy atom. The van der Waals surface area contributed by atoms with Crippen molar-refractivity contribution < 1.29 is 23.6 Å². The van der Waals surface area contributed by atoms with Gasteiger partial charge in [0.15, 0.2) is 28.4 Å². The fourth-order valence-electron chi connectivity index (χ4n) is 26.8. The predicted molar refractivity (Wildman–Crippen MR) is 546 cm³/mol. The average Bonchev–Trinajstić information content (AvgIpc) is 1.75. The summed E-state index contributed by atoms with van der Waals surface area (Å²) in [5.74, 6) is 8.40. The number of furan rings is 1. The van der Waals surface area contributed by atoms with E-state index >= 15 is 0 Å². The summed E-state index contributed by atoms with van der Waals surface area (Å²) in [6, 6.07) is 58.7. The number of hydrogen-bond donors (Lipinski definition) is 4. The van der Waals surface area contributed by atoms with E-state index in [1.165, 1.54) is 149 Å². The van der Waals surface area contributed by atoms with Crippen molar-refractivity contribution in [3.63, 3.8) is 0 Å². The second-order valence-electron chi connectivity index (χ2n) is 44.8. The van der Waals surface area contributed by atoms with Crippen molar-refractivity contribution >= 4 is 84.8 Å². The summed E-state index contributed by atoms with van der Waals surface area (Å²) >= 11 is 16.1. The maximum atomic E-state index is 13.5. The number of benzene rings is 8. The van der Waals surface area contributed by atoms with Crippen LogP contribution in [0.2, 0.25) is 10.0 Å². The van der Waals surface area contributed by atoms with Crippen LogP contribution in [0.1, 0.15) is 258 Å². The normalized spacial score (nSPS) is 23.6. The lowest BCUT2D eigenvalue weighted by molar-refractivity contribution is -0.103. The molecule has 12 saturated carbocycles. The highest BCUT2D eigenvalue weighted by Crippen LogP contribution is 2.65. The Hall–Kier alpha value is -10.7. The minimum atomic E-state index is -0.169. The summed E-state index contributed by atoms with van der Waals surface area (Å²) < 4.78 is 15.2. The van der Waals surface area contributed by atoms with Gasteiger partial charge < -0.3 is 25.7 Å². The van der Waals surface area contributed by atoms with E-state index in [9.17, 15) is 19.2 Å². The van der Waals surface area contributed by atoms with E-state index in [0.717, 1.165) is 139 Å². The van der Waals surface area contributed by atoms with E-state index in [2.05, 4.69) is 271 Å². The standard InChI is InChI=1S/C30H35N3O.C29H32BrN3O.C29H32ClN3O.C28H30ClN3O2/c1-18-5-8-20(9-6-18)17-33-28-24-12-7-19(2)13-22(24)14-25(28)27(32-33)29(34)31-16-21-10-11-23-15-26(21)30(23,3)4;2*1-17-4-6-18(7-5-17)16-33-27-23-11-10-22(30)12-20(23)13-24(27)26(32-33)28(34)31-15-19-8-9-21-14-25(19)29(21,2)3;1-16-4-6-17(7-5-16)15-32-25-21-11-10-20(29)13-23(21)34-26(25)24(31-32)27(33)30-14-18-8-9-19-12-22(18)28(19,2)3/h5-9,12-13,21,23,26H,10-11,14-17H2,1-4H3,(H,31,34);2*4-7,10-12,19,21,25H,8-9,13-16H2,1-3H3,(H,31,34);4-7,10-11,13,18-19,22H,8-9,12,14-15H2,1-3H3,(H,30,33). The van der Waals surface area contributed by atoms with Crippen molar-refractivity contribution in [1.29, 1.82) is 0 Å². The highest BCUT2D eigenvalue weighted by Gasteiger charge is 2.58. The maximum Gasteiger partial charge on any atom is 0.275 e. The topological polar surface area (TPSA) is 201 Å². The minimum Gasteiger partial charge on any atom is -0.452 e. The third-order valence-electron chi connectivity index (χ3n) is 35.5. The van der Waals surface area contributed by atoms with Gasteiger partial charge in [0.25, 0.3) is 23.6 Å². The van der Waals surface area contributed by atoms with Crippen molar-refractivity contribution in [2.24, 2.45) is 92.7 Å². The molecule has 136 heavy (non-hydrogen) atoms. The molecule has 0 spiro atoms. The summed E-state index contributed by atoms with van der Waals surface area (Å²) in [4.78, 5) is 53.7. The van der Waals surface area contributed by atoms with Crippen LogP contribution in [-0.4, -0.2) is 88.9 Å². The van der Waals surface area contributed by atoms with E-state index in [4.69, 9.17) is 48.0 Å². The highest BCUT2D eigenvalue weighted by molar-refractivity contribution is 9.10. The minimum absolute atomic E-state index is 0.0114. The molecule has 704 valence electrons. The van der Waals surface area contributed by atoms with Gasteiger partial charge in [0.1, 0.15) is 11.1 Å². The van der Waals surface area contributed by atoms with E-state index in [-0.39, 0.29) is 23.6 Å². The van der Waals surface area contributed by atoms with Crippen molar-refractivity contribution in [3.05, 3.63) is 291 Å². The quantitative estimate of drug-likeness (QED) is 0.0573. The fourth-order valence-corrected chi connectivity index (χ4v) is 27.6. The Kier molecular flexibility index (Phi) is 24.3. The van der Waals surface area contributed by atoms with Crippen LogP contribution < -0.4 is 21.3 Å². The predicted octanol–water partition coefficient (Wildman–Crippen LogP) is 25.2. The van der Waals surface area contributed by atoms with Gasteiger partial charge in [-0.25, -0.2) is 0 Å².